The van der Waals surface area contributed by atoms with E-state index in [2.05, 4.69) is 30.6 Å². The Balaban J connectivity index is 1.43. The molecule has 0 aromatic carbocycles. The molecule has 0 unspecified atom stereocenters. The van der Waals surface area contributed by atoms with Crippen molar-refractivity contribution in [3.63, 3.8) is 0 Å². The Morgan fingerprint density at radius 1 is 0.800 bits per heavy atom. The maximum Gasteiger partial charge on any atom is 0.0631 e. The molecular weight excluding hydrogens is 316 g/mol. The molecule has 2 aliphatic rings. The largest absolute Gasteiger partial charge is 0.385 e. The van der Waals surface area contributed by atoms with Crippen LogP contribution in [0.1, 0.15) is 52.9 Å². The van der Waals surface area contributed by atoms with Crippen LogP contribution in [0, 0.1) is 0 Å². The molecule has 1 aliphatic carbocycles. The van der Waals surface area contributed by atoms with Gasteiger partial charge in [0, 0.05) is 46.4 Å². The Kier molecular flexibility index (Phi) is 9.14. The number of ether oxygens (including phenoxy) is 3. The Morgan fingerprint density at radius 2 is 1.44 bits per heavy atom. The number of nitrogens with zero attached hydrogens (tertiary/aromatic N) is 2. The number of piperazine rings is 1. The summed E-state index contributed by atoms with van der Waals surface area (Å²) in [5.41, 5.74) is -0.0287. The lowest BCUT2D eigenvalue weighted by Gasteiger charge is -2.39. The highest BCUT2D eigenvalue weighted by Crippen LogP contribution is 2.29. The molecule has 0 amide bonds. The summed E-state index contributed by atoms with van der Waals surface area (Å²) < 4.78 is 17.1. The number of rotatable bonds is 11. The SMILES string of the molecule is COCCCCCN1CCN(CCO[C@H]2C[C@H](OC(C)(C)C)C2)CC1. The quantitative estimate of drug-likeness (QED) is 0.532. The van der Waals surface area contributed by atoms with Crippen LogP contribution in [0.3, 0.4) is 0 Å². The molecule has 0 atom stereocenters. The fourth-order valence-corrected chi connectivity index (χ4v) is 3.59. The Hall–Kier alpha value is -0.200. The van der Waals surface area contributed by atoms with Crippen LogP contribution in [0.15, 0.2) is 0 Å². The van der Waals surface area contributed by atoms with Crippen LogP contribution in [0.25, 0.3) is 0 Å². The van der Waals surface area contributed by atoms with E-state index >= 15 is 0 Å². The van der Waals surface area contributed by atoms with E-state index in [0.717, 1.165) is 32.6 Å². The molecule has 0 N–H and O–H groups in total. The van der Waals surface area contributed by atoms with E-state index in [0.29, 0.717) is 12.2 Å². The fraction of sp³-hybridized carbons (Fsp3) is 1.00. The summed E-state index contributed by atoms with van der Waals surface area (Å²) in [7, 11) is 1.78. The van der Waals surface area contributed by atoms with Crippen molar-refractivity contribution in [1.82, 2.24) is 9.80 Å². The fourth-order valence-electron chi connectivity index (χ4n) is 3.59. The molecule has 1 aliphatic heterocycles. The van der Waals surface area contributed by atoms with Crippen molar-refractivity contribution in [3.8, 4) is 0 Å². The standard InChI is InChI=1S/C20H40N2O3/c1-20(2,3)25-19-16-18(17-19)24-15-13-22-11-9-21(10-12-22)8-6-5-7-14-23-4/h18-19H,5-17H2,1-4H3/t18-,19-. The summed E-state index contributed by atoms with van der Waals surface area (Å²) in [6.45, 7) is 15.2. The topological polar surface area (TPSA) is 34.2 Å². The monoisotopic (exact) mass is 356 g/mol. The van der Waals surface area contributed by atoms with Gasteiger partial charge in [0.05, 0.1) is 24.4 Å². The summed E-state index contributed by atoms with van der Waals surface area (Å²) >= 11 is 0. The van der Waals surface area contributed by atoms with Gasteiger partial charge in [-0.3, -0.25) is 4.90 Å². The first-order valence-electron chi connectivity index (χ1n) is 10.2. The van der Waals surface area contributed by atoms with E-state index in [1.807, 2.05) is 0 Å². The van der Waals surface area contributed by atoms with Crippen molar-refractivity contribution in [3.05, 3.63) is 0 Å². The molecule has 1 saturated carbocycles. The second kappa shape index (κ2) is 10.8. The Labute approximate surface area is 155 Å². The highest BCUT2D eigenvalue weighted by atomic mass is 16.5. The maximum absolute atomic E-state index is 6.01. The molecule has 0 aromatic rings. The van der Waals surface area contributed by atoms with Gasteiger partial charge in [0.1, 0.15) is 0 Å². The first-order valence-corrected chi connectivity index (χ1v) is 10.2. The number of hydrogen-bond donors (Lipinski definition) is 0. The highest BCUT2D eigenvalue weighted by molar-refractivity contribution is 4.83. The Bertz CT molecular complexity index is 345. The van der Waals surface area contributed by atoms with Crippen molar-refractivity contribution in [2.75, 3.05) is 59.6 Å². The van der Waals surface area contributed by atoms with Crippen LogP contribution >= 0.6 is 0 Å². The lowest BCUT2D eigenvalue weighted by Crippen LogP contribution is -2.48. The number of hydrogen-bond acceptors (Lipinski definition) is 5. The zero-order valence-corrected chi connectivity index (χ0v) is 17.0. The summed E-state index contributed by atoms with van der Waals surface area (Å²) in [5, 5.41) is 0. The van der Waals surface area contributed by atoms with Gasteiger partial charge in [0.25, 0.3) is 0 Å². The van der Waals surface area contributed by atoms with Crippen LogP contribution in [0.5, 0.6) is 0 Å². The summed E-state index contributed by atoms with van der Waals surface area (Å²) in [4.78, 5) is 5.15. The average molecular weight is 357 g/mol. The lowest BCUT2D eigenvalue weighted by molar-refractivity contribution is -0.149. The van der Waals surface area contributed by atoms with Crippen molar-refractivity contribution in [1.29, 1.82) is 0 Å². The number of methoxy groups -OCH3 is 1. The van der Waals surface area contributed by atoms with Crippen molar-refractivity contribution >= 4 is 0 Å². The second-order valence-corrected chi connectivity index (χ2v) is 8.55. The van der Waals surface area contributed by atoms with Gasteiger partial charge in [-0.05, 0) is 59.4 Å². The van der Waals surface area contributed by atoms with Crippen LogP contribution in [0.4, 0.5) is 0 Å². The first-order chi connectivity index (χ1) is 12.0. The van der Waals surface area contributed by atoms with Crippen molar-refractivity contribution < 1.29 is 14.2 Å². The van der Waals surface area contributed by atoms with E-state index in [-0.39, 0.29) is 5.60 Å². The summed E-state index contributed by atoms with van der Waals surface area (Å²) in [5.74, 6) is 0. The van der Waals surface area contributed by atoms with E-state index in [9.17, 15) is 0 Å². The van der Waals surface area contributed by atoms with Gasteiger partial charge in [-0.15, -0.1) is 0 Å². The normalized spacial score (nSPS) is 25.9. The van der Waals surface area contributed by atoms with Gasteiger partial charge in [-0.25, -0.2) is 0 Å². The van der Waals surface area contributed by atoms with Gasteiger partial charge in [-0.2, -0.15) is 0 Å². The van der Waals surface area contributed by atoms with E-state index in [4.69, 9.17) is 14.2 Å². The number of unbranched alkanes of at least 4 members (excludes halogenated alkanes) is 2. The van der Waals surface area contributed by atoms with Crippen molar-refractivity contribution in [2.24, 2.45) is 0 Å². The van der Waals surface area contributed by atoms with Crippen LogP contribution in [0.2, 0.25) is 0 Å². The summed E-state index contributed by atoms with van der Waals surface area (Å²) in [6, 6.07) is 0. The van der Waals surface area contributed by atoms with Gasteiger partial charge in [-0.1, -0.05) is 0 Å². The van der Waals surface area contributed by atoms with Crippen LogP contribution < -0.4 is 0 Å². The van der Waals surface area contributed by atoms with Gasteiger partial charge in [0.15, 0.2) is 0 Å². The minimum Gasteiger partial charge on any atom is -0.385 e. The van der Waals surface area contributed by atoms with Gasteiger partial charge < -0.3 is 19.1 Å². The molecule has 0 bridgehead atoms. The predicted octanol–water partition coefficient (Wildman–Crippen LogP) is 2.78. The molecule has 5 nitrogen and oxygen atoms in total. The molecule has 2 fully saturated rings. The smallest absolute Gasteiger partial charge is 0.0631 e. The molecule has 1 saturated heterocycles. The molecule has 0 aromatic heterocycles. The average Bonchev–Trinajstić information content (AvgIpc) is 2.52. The molecule has 1 heterocycles. The van der Waals surface area contributed by atoms with Gasteiger partial charge >= 0.3 is 0 Å². The third kappa shape index (κ3) is 8.83. The summed E-state index contributed by atoms with van der Waals surface area (Å²) in [6.07, 6.45) is 6.71. The van der Waals surface area contributed by atoms with Crippen molar-refractivity contribution in [2.45, 2.75) is 70.7 Å². The molecule has 5 heteroatoms. The zero-order valence-electron chi connectivity index (χ0n) is 17.0. The van der Waals surface area contributed by atoms with E-state index < -0.39 is 0 Å². The minimum absolute atomic E-state index is 0.0287. The molecule has 0 radical (unpaired) electrons. The minimum atomic E-state index is -0.0287. The highest BCUT2D eigenvalue weighted by Gasteiger charge is 2.33. The molecule has 25 heavy (non-hydrogen) atoms. The van der Waals surface area contributed by atoms with Crippen LogP contribution in [-0.2, 0) is 14.2 Å². The van der Waals surface area contributed by atoms with E-state index in [1.54, 1.807) is 7.11 Å². The third-order valence-corrected chi connectivity index (χ3v) is 5.12. The lowest BCUT2D eigenvalue weighted by atomic mass is 9.91. The van der Waals surface area contributed by atoms with E-state index in [1.165, 1.54) is 52.0 Å². The zero-order chi connectivity index (χ0) is 18.1. The molecular formula is C20H40N2O3. The first kappa shape index (κ1) is 21.1. The molecule has 0 spiro atoms. The third-order valence-electron chi connectivity index (χ3n) is 5.12. The molecule has 2 rings (SSSR count). The van der Waals surface area contributed by atoms with Gasteiger partial charge in [0.2, 0.25) is 0 Å². The second-order valence-electron chi connectivity index (χ2n) is 8.55. The molecule has 148 valence electrons. The maximum atomic E-state index is 6.01. The Morgan fingerprint density at radius 3 is 2.04 bits per heavy atom. The van der Waals surface area contributed by atoms with Crippen LogP contribution in [-0.4, -0.2) is 87.2 Å². The predicted molar refractivity (Wildman–Crippen MR) is 102 cm³/mol.